The van der Waals surface area contributed by atoms with Crippen LogP contribution in [0.2, 0.25) is 0 Å². The number of carbonyl (C=O) groups excluding carboxylic acids is 1. The molecule has 0 spiro atoms. The largest absolute Gasteiger partial charge is 0.460 e. The van der Waals surface area contributed by atoms with Gasteiger partial charge in [0.05, 0.1) is 11.1 Å². The number of ether oxygens (including phenoxy) is 1. The smallest absolute Gasteiger partial charge is 0.313 e. The fraction of sp³-hybridized carbons (Fsp3) is 0.683. The van der Waals surface area contributed by atoms with Crippen LogP contribution in [-0.4, -0.2) is 30.0 Å². The number of fused-ring (bicyclic) bond motifs is 8. The van der Waals surface area contributed by atoms with E-state index in [9.17, 15) is 4.79 Å². The summed E-state index contributed by atoms with van der Waals surface area (Å²) < 4.78 is 6.25. The van der Waals surface area contributed by atoms with Crippen molar-refractivity contribution in [3.05, 3.63) is 65.1 Å². The Balaban J connectivity index is 1.29. The summed E-state index contributed by atoms with van der Waals surface area (Å²) in [7, 11) is 4.24. The van der Waals surface area contributed by atoms with Gasteiger partial charge in [-0.1, -0.05) is 90.4 Å². The molecule has 5 nitrogen and oxygen atoms in total. The van der Waals surface area contributed by atoms with Gasteiger partial charge < -0.3 is 9.64 Å². The van der Waals surface area contributed by atoms with Gasteiger partial charge in [-0.3, -0.25) is 4.79 Å². The van der Waals surface area contributed by atoms with Crippen molar-refractivity contribution < 1.29 is 9.53 Å². The zero-order chi connectivity index (χ0) is 32.9. The summed E-state index contributed by atoms with van der Waals surface area (Å²) in [4.78, 5) is 26.3. The number of esters is 1. The Morgan fingerprint density at radius 1 is 0.935 bits per heavy atom. The van der Waals surface area contributed by atoms with Crippen molar-refractivity contribution in [3.63, 3.8) is 0 Å². The summed E-state index contributed by atoms with van der Waals surface area (Å²) in [6, 6.07) is 10.2. The third-order valence-corrected chi connectivity index (χ3v) is 15.3. The Labute approximate surface area is 278 Å². The van der Waals surface area contributed by atoms with Crippen molar-refractivity contribution in [2.75, 3.05) is 19.0 Å². The van der Waals surface area contributed by atoms with E-state index in [0.717, 1.165) is 49.9 Å². The van der Waals surface area contributed by atoms with Gasteiger partial charge in [0.25, 0.3) is 0 Å². The minimum absolute atomic E-state index is 0.0141. The summed E-state index contributed by atoms with van der Waals surface area (Å²) in [6.45, 7) is 18.0. The Morgan fingerprint density at radius 2 is 1.67 bits per heavy atom. The molecule has 3 saturated carbocycles. The first kappa shape index (κ1) is 31.9. The molecule has 248 valence electrons. The van der Waals surface area contributed by atoms with Gasteiger partial charge in [0.1, 0.15) is 18.8 Å². The molecule has 46 heavy (non-hydrogen) atoms. The molecule has 1 aromatic carbocycles. The van der Waals surface area contributed by atoms with Gasteiger partial charge >= 0.3 is 5.97 Å². The van der Waals surface area contributed by atoms with E-state index in [-0.39, 0.29) is 33.5 Å². The molecule has 2 aromatic rings. The summed E-state index contributed by atoms with van der Waals surface area (Å²) in [5, 5.41) is 0. The van der Waals surface area contributed by atoms with Gasteiger partial charge in [-0.2, -0.15) is 0 Å². The van der Waals surface area contributed by atoms with Crippen LogP contribution in [-0.2, 0) is 28.0 Å². The molecule has 1 heterocycles. The lowest BCUT2D eigenvalue weighted by atomic mass is 9.33. The summed E-state index contributed by atoms with van der Waals surface area (Å²) in [6.07, 6.45) is 13.1. The predicted octanol–water partition coefficient (Wildman–Crippen LogP) is 8.96. The lowest BCUT2D eigenvalue weighted by molar-refractivity contribution is -0.184. The van der Waals surface area contributed by atoms with Crippen LogP contribution in [0, 0.1) is 51.2 Å². The number of aromatic nitrogens is 2. The van der Waals surface area contributed by atoms with E-state index in [1.165, 1.54) is 24.1 Å². The molecule has 7 rings (SSSR count). The van der Waals surface area contributed by atoms with Crippen molar-refractivity contribution >= 4 is 11.8 Å². The third-order valence-electron chi connectivity index (χ3n) is 15.3. The van der Waals surface area contributed by atoms with Crippen molar-refractivity contribution in [2.24, 2.45) is 51.2 Å². The highest BCUT2D eigenvalue weighted by Gasteiger charge is 2.69. The lowest BCUT2D eigenvalue weighted by Gasteiger charge is -2.71. The van der Waals surface area contributed by atoms with Crippen LogP contribution >= 0.6 is 0 Å². The second-order valence-corrected chi connectivity index (χ2v) is 17.7. The molecule has 5 heteroatoms. The van der Waals surface area contributed by atoms with E-state index in [2.05, 4.69) is 85.7 Å². The molecule has 5 aliphatic rings. The second kappa shape index (κ2) is 10.7. The highest BCUT2D eigenvalue weighted by Crippen LogP contribution is 2.75. The Kier molecular flexibility index (Phi) is 7.39. The summed E-state index contributed by atoms with van der Waals surface area (Å²) in [5.74, 6) is 3.57. The molecule has 5 aliphatic carbocycles. The molecule has 1 aromatic heterocycles. The Morgan fingerprint density at radius 3 is 2.39 bits per heavy atom. The first-order valence-corrected chi connectivity index (χ1v) is 18.1. The lowest BCUT2D eigenvalue weighted by Crippen LogP contribution is -2.65. The molecular weight excluding hydrogens is 566 g/mol. The number of allylic oxidation sites excluding steroid dienone is 2. The number of benzene rings is 1. The number of carbonyl (C=O) groups is 1. The molecule has 0 aliphatic heterocycles. The molecule has 0 bridgehead atoms. The van der Waals surface area contributed by atoms with E-state index in [1.54, 1.807) is 11.9 Å². The van der Waals surface area contributed by atoms with Gasteiger partial charge in [0.15, 0.2) is 0 Å². The van der Waals surface area contributed by atoms with E-state index >= 15 is 0 Å². The number of hydrogen-bond donors (Lipinski definition) is 0. The summed E-state index contributed by atoms with van der Waals surface area (Å²) in [5.41, 5.74) is 5.21. The van der Waals surface area contributed by atoms with Crippen LogP contribution in [0.25, 0.3) is 0 Å². The van der Waals surface area contributed by atoms with E-state index in [4.69, 9.17) is 14.7 Å². The van der Waals surface area contributed by atoms with Crippen LogP contribution in [0.5, 0.6) is 0 Å². The molecular formula is C41H57N3O2. The fourth-order valence-electron chi connectivity index (χ4n) is 12.6. The molecule has 0 radical (unpaired) electrons. The van der Waals surface area contributed by atoms with Crippen LogP contribution in [0.4, 0.5) is 5.82 Å². The number of anilines is 1. The fourth-order valence-corrected chi connectivity index (χ4v) is 12.6. The quantitative estimate of drug-likeness (QED) is 0.251. The molecule has 0 saturated heterocycles. The molecule has 0 N–H and O–H groups in total. The van der Waals surface area contributed by atoms with Gasteiger partial charge in [0.2, 0.25) is 0 Å². The van der Waals surface area contributed by atoms with Gasteiger partial charge in [-0.25, -0.2) is 9.97 Å². The first-order chi connectivity index (χ1) is 21.7. The number of nitrogens with zero attached hydrogens (tertiary/aromatic N) is 3. The van der Waals surface area contributed by atoms with Gasteiger partial charge in [-0.15, -0.1) is 0 Å². The maximum absolute atomic E-state index is 14.4. The van der Waals surface area contributed by atoms with E-state index in [0.29, 0.717) is 30.3 Å². The second-order valence-electron chi connectivity index (χ2n) is 17.7. The third kappa shape index (κ3) is 4.21. The molecule has 0 amide bonds. The highest BCUT2D eigenvalue weighted by atomic mass is 16.5. The van der Waals surface area contributed by atoms with Crippen molar-refractivity contribution in [1.29, 1.82) is 0 Å². The minimum Gasteiger partial charge on any atom is -0.460 e. The van der Waals surface area contributed by atoms with Crippen LogP contribution in [0.1, 0.15) is 110 Å². The predicted molar refractivity (Wildman–Crippen MR) is 185 cm³/mol. The highest BCUT2D eigenvalue weighted by molar-refractivity contribution is 5.79. The van der Waals surface area contributed by atoms with Crippen molar-refractivity contribution in [1.82, 2.24) is 9.97 Å². The van der Waals surface area contributed by atoms with Gasteiger partial charge in [-0.05, 0) is 103 Å². The van der Waals surface area contributed by atoms with Crippen LogP contribution < -0.4 is 4.90 Å². The standard InChI is InChI=1S/C41H57N3O2/c1-26-17-20-41(36(45)46-24-28-13-11-10-12-14-28)22-21-39(6)30(33(41)27(26)2)15-16-32-38(5)23-29-34(42-25-43-35(29)44(8)9)37(3,4)31(38)18-19-40(32,39)7/h10-15,25-27,31-33H,16-24H2,1-9H3/t26-,27-,31+,32-,33-,38+,39+,40-,41-/m0/s1. The van der Waals surface area contributed by atoms with E-state index < -0.39 is 5.41 Å². The normalized spacial score (nSPS) is 40.6. The average molecular weight is 624 g/mol. The number of rotatable bonds is 4. The summed E-state index contributed by atoms with van der Waals surface area (Å²) >= 11 is 0. The van der Waals surface area contributed by atoms with Crippen molar-refractivity contribution in [3.8, 4) is 0 Å². The maximum Gasteiger partial charge on any atom is 0.313 e. The Bertz CT molecular complexity index is 1550. The number of hydrogen-bond acceptors (Lipinski definition) is 5. The Hall–Kier alpha value is -2.69. The minimum atomic E-state index is -0.417. The average Bonchev–Trinajstić information content (AvgIpc) is 3.02. The zero-order valence-corrected chi connectivity index (χ0v) is 30.0. The zero-order valence-electron chi connectivity index (χ0n) is 30.0. The molecule has 9 atom stereocenters. The van der Waals surface area contributed by atoms with E-state index in [1.807, 2.05) is 18.2 Å². The van der Waals surface area contributed by atoms with Crippen molar-refractivity contribution in [2.45, 2.75) is 112 Å². The topological polar surface area (TPSA) is 55.3 Å². The molecule has 3 fully saturated rings. The molecule has 0 unspecified atom stereocenters. The van der Waals surface area contributed by atoms with Crippen LogP contribution in [0.3, 0.4) is 0 Å². The SMILES string of the molecule is C[C@@H]1[C@H]2C3=CC[C@H]4[C@]5(C)Cc6c(N(C)C)ncnc6C(C)(C)[C@H]5CC[C@]4(C)[C@]3(C)CC[C@@]2(C(=O)OCc2ccccc2)CC[C@@H]1C. The monoisotopic (exact) mass is 623 g/mol. The first-order valence-electron chi connectivity index (χ1n) is 18.1. The van der Waals surface area contributed by atoms with Gasteiger partial charge in [0, 0.05) is 25.1 Å². The maximum atomic E-state index is 14.4. The van der Waals surface area contributed by atoms with Crippen LogP contribution in [0.15, 0.2) is 48.3 Å².